The van der Waals surface area contributed by atoms with E-state index in [9.17, 15) is 0 Å². The van der Waals surface area contributed by atoms with Gasteiger partial charge in [0.25, 0.3) is 0 Å². The average Bonchev–Trinajstić information content (AvgIpc) is 2.86. The second-order valence-corrected chi connectivity index (χ2v) is 4.23. The summed E-state index contributed by atoms with van der Waals surface area (Å²) in [7, 11) is 0. The molecule has 0 aliphatic carbocycles. The van der Waals surface area contributed by atoms with Gasteiger partial charge in [0.05, 0.1) is 6.54 Å². The minimum absolute atomic E-state index is 0.732. The normalized spacial score (nSPS) is 10.7. The van der Waals surface area contributed by atoms with Crippen molar-refractivity contribution in [3.8, 4) is 0 Å². The summed E-state index contributed by atoms with van der Waals surface area (Å²) in [6, 6.07) is 10.4. The summed E-state index contributed by atoms with van der Waals surface area (Å²) in [6.07, 6.45) is 2.07. The van der Waals surface area contributed by atoms with Gasteiger partial charge in [0, 0.05) is 6.54 Å². The molecule has 1 aromatic carbocycles. The largest absolute Gasteiger partial charge is 0.310 e. The highest BCUT2D eigenvalue weighted by Gasteiger charge is 2.05. The van der Waals surface area contributed by atoms with E-state index in [0.717, 1.165) is 38.3 Å². The minimum atomic E-state index is 0.732. The fraction of sp³-hybridized carbons (Fsp3) is 0.462. The maximum Gasteiger partial charge on any atom is 0.165 e. The van der Waals surface area contributed by atoms with Crippen LogP contribution in [-0.2, 0) is 19.5 Å². The van der Waals surface area contributed by atoms with Crippen LogP contribution in [-0.4, -0.2) is 26.8 Å². The molecule has 0 saturated carbocycles. The van der Waals surface area contributed by atoms with Crippen LogP contribution in [0.5, 0.6) is 0 Å². The zero-order valence-electron chi connectivity index (χ0n) is 10.7. The lowest BCUT2D eigenvalue weighted by molar-refractivity contribution is 0.541. The quantitative estimate of drug-likeness (QED) is 0.749. The summed E-state index contributed by atoms with van der Waals surface area (Å²) < 4.78 is 1.87. The van der Waals surface area contributed by atoms with E-state index < -0.39 is 0 Å². The Kier molecular flexibility index (Phi) is 4.84. The number of tetrazole rings is 1. The number of hydrogen-bond acceptors (Lipinski definition) is 4. The molecule has 2 rings (SSSR count). The Bertz CT molecular complexity index is 451. The average molecular weight is 245 g/mol. The molecule has 96 valence electrons. The Labute approximate surface area is 107 Å². The fourth-order valence-electron chi connectivity index (χ4n) is 1.78. The SMILES string of the molecule is CCCNCc1nnnn1CCc1ccccc1. The molecule has 18 heavy (non-hydrogen) atoms. The van der Waals surface area contributed by atoms with Gasteiger partial charge < -0.3 is 5.32 Å². The van der Waals surface area contributed by atoms with Gasteiger partial charge in [-0.05, 0) is 35.4 Å². The van der Waals surface area contributed by atoms with Crippen LogP contribution < -0.4 is 5.32 Å². The van der Waals surface area contributed by atoms with E-state index in [1.807, 2.05) is 10.7 Å². The van der Waals surface area contributed by atoms with E-state index in [-0.39, 0.29) is 0 Å². The Balaban J connectivity index is 1.87. The Morgan fingerprint density at radius 2 is 2.06 bits per heavy atom. The second kappa shape index (κ2) is 6.86. The number of hydrogen-bond donors (Lipinski definition) is 1. The summed E-state index contributed by atoms with van der Waals surface area (Å²) in [5.74, 6) is 0.902. The van der Waals surface area contributed by atoms with Crippen molar-refractivity contribution in [3.05, 3.63) is 41.7 Å². The number of nitrogens with zero attached hydrogens (tertiary/aromatic N) is 4. The number of aromatic nitrogens is 4. The molecule has 0 bridgehead atoms. The van der Waals surface area contributed by atoms with Crippen LogP contribution in [0.25, 0.3) is 0 Å². The Morgan fingerprint density at radius 3 is 2.83 bits per heavy atom. The van der Waals surface area contributed by atoms with Crippen molar-refractivity contribution in [2.24, 2.45) is 0 Å². The van der Waals surface area contributed by atoms with E-state index in [1.165, 1.54) is 5.56 Å². The highest BCUT2D eigenvalue weighted by atomic mass is 15.5. The number of aryl methyl sites for hydroxylation is 2. The Hall–Kier alpha value is -1.75. The minimum Gasteiger partial charge on any atom is -0.310 e. The molecule has 0 radical (unpaired) electrons. The lowest BCUT2D eigenvalue weighted by Gasteiger charge is -2.05. The molecular weight excluding hydrogens is 226 g/mol. The zero-order valence-corrected chi connectivity index (χ0v) is 10.7. The van der Waals surface area contributed by atoms with Gasteiger partial charge in [0.2, 0.25) is 0 Å². The van der Waals surface area contributed by atoms with E-state index >= 15 is 0 Å². The van der Waals surface area contributed by atoms with Gasteiger partial charge in [0.1, 0.15) is 0 Å². The second-order valence-electron chi connectivity index (χ2n) is 4.23. The van der Waals surface area contributed by atoms with Crippen LogP contribution in [0.2, 0.25) is 0 Å². The van der Waals surface area contributed by atoms with Gasteiger partial charge in [-0.3, -0.25) is 0 Å². The third-order valence-electron chi connectivity index (χ3n) is 2.77. The summed E-state index contributed by atoms with van der Waals surface area (Å²) in [6.45, 7) is 4.69. The van der Waals surface area contributed by atoms with Gasteiger partial charge in [-0.25, -0.2) is 4.68 Å². The highest BCUT2D eigenvalue weighted by molar-refractivity contribution is 5.14. The van der Waals surface area contributed by atoms with E-state index in [1.54, 1.807) is 0 Å². The van der Waals surface area contributed by atoms with Gasteiger partial charge in [0.15, 0.2) is 5.82 Å². The van der Waals surface area contributed by atoms with Gasteiger partial charge in [-0.1, -0.05) is 37.3 Å². The van der Waals surface area contributed by atoms with Crippen LogP contribution in [0.15, 0.2) is 30.3 Å². The van der Waals surface area contributed by atoms with Crippen molar-refractivity contribution < 1.29 is 0 Å². The van der Waals surface area contributed by atoms with Crippen LogP contribution in [0.1, 0.15) is 24.7 Å². The van der Waals surface area contributed by atoms with E-state index in [0.29, 0.717) is 0 Å². The molecule has 0 fully saturated rings. The third-order valence-corrected chi connectivity index (χ3v) is 2.77. The molecule has 5 heteroatoms. The van der Waals surface area contributed by atoms with Gasteiger partial charge >= 0.3 is 0 Å². The molecule has 0 atom stereocenters. The summed E-state index contributed by atoms with van der Waals surface area (Å²) >= 11 is 0. The van der Waals surface area contributed by atoms with Crippen molar-refractivity contribution in [1.29, 1.82) is 0 Å². The number of benzene rings is 1. The topological polar surface area (TPSA) is 55.6 Å². The first-order chi connectivity index (χ1) is 8.90. The van der Waals surface area contributed by atoms with Crippen molar-refractivity contribution in [2.75, 3.05) is 6.54 Å². The summed E-state index contributed by atoms with van der Waals surface area (Å²) in [5, 5.41) is 15.1. The highest BCUT2D eigenvalue weighted by Crippen LogP contribution is 2.02. The predicted octanol–water partition coefficient (Wildman–Crippen LogP) is 1.42. The molecule has 1 N–H and O–H groups in total. The van der Waals surface area contributed by atoms with Crippen LogP contribution in [0.3, 0.4) is 0 Å². The van der Waals surface area contributed by atoms with Crippen LogP contribution >= 0.6 is 0 Å². The molecule has 2 aromatic rings. The van der Waals surface area contributed by atoms with Gasteiger partial charge in [-0.2, -0.15) is 0 Å². The maximum absolute atomic E-state index is 4.04. The molecular formula is C13H19N5. The fourth-order valence-corrected chi connectivity index (χ4v) is 1.78. The van der Waals surface area contributed by atoms with Crippen molar-refractivity contribution in [3.63, 3.8) is 0 Å². The third kappa shape index (κ3) is 3.63. The molecule has 0 aliphatic rings. The predicted molar refractivity (Wildman–Crippen MR) is 70.0 cm³/mol. The first kappa shape index (κ1) is 12.7. The van der Waals surface area contributed by atoms with Gasteiger partial charge in [-0.15, -0.1) is 5.10 Å². The molecule has 0 aliphatic heterocycles. The molecule has 0 amide bonds. The molecule has 0 spiro atoms. The monoisotopic (exact) mass is 245 g/mol. The standard InChI is InChI=1S/C13H19N5/c1-2-9-14-11-13-15-16-17-18(13)10-8-12-6-4-3-5-7-12/h3-7,14H,2,8-11H2,1H3. The summed E-state index contributed by atoms with van der Waals surface area (Å²) in [4.78, 5) is 0. The van der Waals surface area contributed by atoms with Crippen LogP contribution in [0, 0.1) is 0 Å². The van der Waals surface area contributed by atoms with Crippen LogP contribution in [0.4, 0.5) is 0 Å². The first-order valence-electron chi connectivity index (χ1n) is 6.40. The van der Waals surface area contributed by atoms with Crippen molar-refractivity contribution in [1.82, 2.24) is 25.5 Å². The zero-order chi connectivity index (χ0) is 12.6. The number of rotatable bonds is 7. The first-order valence-corrected chi connectivity index (χ1v) is 6.40. The van der Waals surface area contributed by atoms with E-state index in [4.69, 9.17) is 0 Å². The maximum atomic E-state index is 4.04. The molecule has 0 saturated heterocycles. The Morgan fingerprint density at radius 1 is 1.22 bits per heavy atom. The number of nitrogens with one attached hydrogen (secondary N) is 1. The molecule has 5 nitrogen and oxygen atoms in total. The van der Waals surface area contributed by atoms with Crippen molar-refractivity contribution >= 4 is 0 Å². The lowest BCUT2D eigenvalue weighted by Crippen LogP contribution is -2.18. The summed E-state index contributed by atoms with van der Waals surface area (Å²) in [5.41, 5.74) is 1.31. The lowest BCUT2D eigenvalue weighted by atomic mass is 10.1. The van der Waals surface area contributed by atoms with Crippen molar-refractivity contribution in [2.45, 2.75) is 32.9 Å². The molecule has 0 unspecified atom stereocenters. The van der Waals surface area contributed by atoms with E-state index in [2.05, 4.69) is 52.0 Å². The molecule has 1 aromatic heterocycles. The molecule has 1 heterocycles. The smallest absolute Gasteiger partial charge is 0.165 e.